The Morgan fingerprint density at radius 1 is 1.07 bits per heavy atom. The summed E-state index contributed by atoms with van der Waals surface area (Å²) in [6.07, 6.45) is 2.36. The number of urea groups is 2. The highest BCUT2D eigenvalue weighted by atomic mass is 19.1. The number of esters is 1. The third-order valence-corrected chi connectivity index (χ3v) is 7.93. The van der Waals surface area contributed by atoms with E-state index in [9.17, 15) is 28.0 Å². The van der Waals surface area contributed by atoms with Gasteiger partial charge in [0.05, 0.1) is 12.1 Å². The number of amides is 5. The second kappa shape index (κ2) is 13.3. The van der Waals surface area contributed by atoms with Crippen LogP contribution in [0.25, 0.3) is 0 Å². The summed E-state index contributed by atoms with van der Waals surface area (Å²) < 4.78 is 34.4. The van der Waals surface area contributed by atoms with Crippen LogP contribution in [-0.2, 0) is 16.0 Å². The van der Waals surface area contributed by atoms with Gasteiger partial charge in [-0.05, 0) is 61.2 Å². The zero-order valence-electron chi connectivity index (χ0n) is 25.9. The lowest BCUT2D eigenvalue weighted by atomic mass is 9.89. The predicted molar refractivity (Wildman–Crippen MR) is 171 cm³/mol. The van der Waals surface area contributed by atoms with Crippen LogP contribution in [0.5, 0.6) is 5.75 Å². The number of rotatable bonds is 6. The molecule has 0 radical (unpaired) electrons. The van der Waals surface area contributed by atoms with Crippen LogP contribution >= 0.6 is 0 Å². The molecule has 1 N–H and O–H groups in total. The van der Waals surface area contributed by atoms with E-state index in [0.717, 1.165) is 30.4 Å². The van der Waals surface area contributed by atoms with Crippen molar-refractivity contribution >= 4 is 52.9 Å². The second-order valence-corrected chi connectivity index (χ2v) is 11.2. The first-order valence-corrected chi connectivity index (χ1v) is 14.8. The van der Waals surface area contributed by atoms with Crippen LogP contribution in [-0.4, -0.2) is 62.8 Å². The molecule has 240 valence electrons. The fourth-order valence-corrected chi connectivity index (χ4v) is 5.71. The van der Waals surface area contributed by atoms with Gasteiger partial charge in [-0.15, -0.1) is 5.01 Å². The molecule has 2 heterocycles. The Morgan fingerprint density at radius 2 is 1.78 bits per heavy atom. The van der Waals surface area contributed by atoms with Crippen molar-refractivity contribution in [3.8, 4) is 5.75 Å². The standard InChI is InChI=1S/C33H34F2N6O5/c1-5-36-41(32(44)39(4)31-24(34)10-6-11-25(31)35)33(45)40-16-8-9-23-26(12-7-13-27(23)40)37-29(42)17-20-18-30(43)46-28-19-21(38(2)3)14-15-22(20)28/h5-7,10-15,19-20H,8-9,16-18H2,1-4H3,(H,37,42)/b36-5+. The molecule has 11 nitrogen and oxygen atoms in total. The van der Waals surface area contributed by atoms with E-state index in [1.807, 2.05) is 31.1 Å². The van der Waals surface area contributed by atoms with E-state index in [1.165, 1.54) is 24.1 Å². The van der Waals surface area contributed by atoms with Gasteiger partial charge in [0, 0.05) is 63.7 Å². The Bertz CT molecular complexity index is 1710. The first-order chi connectivity index (χ1) is 22.0. The summed E-state index contributed by atoms with van der Waals surface area (Å²) in [4.78, 5) is 56.8. The molecule has 13 heteroatoms. The Hall–Kier alpha value is -5.33. The van der Waals surface area contributed by atoms with Gasteiger partial charge in [0.2, 0.25) is 5.91 Å². The molecule has 0 aromatic heterocycles. The van der Waals surface area contributed by atoms with E-state index < -0.39 is 35.4 Å². The number of hydrazone groups is 1. The number of carbonyl (C=O) groups excluding carboxylic acids is 4. The highest BCUT2D eigenvalue weighted by molar-refractivity contribution is 6.08. The summed E-state index contributed by atoms with van der Waals surface area (Å²) >= 11 is 0. The van der Waals surface area contributed by atoms with Crippen LogP contribution in [0.3, 0.4) is 0 Å². The number of imide groups is 1. The number of nitrogens with zero attached hydrogens (tertiary/aromatic N) is 5. The molecule has 0 spiro atoms. The molecule has 46 heavy (non-hydrogen) atoms. The molecule has 0 saturated heterocycles. The number of carbonyl (C=O) groups is 4. The summed E-state index contributed by atoms with van der Waals surface area (Å²) in [6, 6.07) is 11.9. The molecule has 0 bridgehead atoms. The van der Waals surface area contributed by atoms with Crippen LogP contribution < -0.4 is 24.8 Å². The first kappa shape index (κ1) is 32.1. The van der Waals surface area contributed by atoms with Gasteiger partial charge in [0.15, 0.2) is 0 Å². The number of fused-ring (bicyclic) bond motifs is 2. The molecule has 2 aliphatic rings. The lowest BCUT2D eigenvalue weighted by Gasteiger charge is -2.33. The first-order valence-electron chi connectivity index (χ1n) is 14.8. The van der Waals surface area contributed by atoms with Crippen molar-refractivity contribution in [3.05, 3.63) is 77.4 Å². The summed E-state index contributed by atoms with van der Waals surface area (Å²) in [7, 11) is 4.91. The zero-order chi connectivity index (χ0) is 33.1. The van der Waals surface area contributed by atoms with E-state index in [1.54, 1.807) is 24.3 Å². The Kier molecular flexibility index (Phi) is 9.31. The van der Waals surface area contributed by atoms with E-state index in [2.05, 4.69) is 10.4 Å². The topological polar surface area (TPSA) is 115 Å². The van der Waals surface area contributed by atoms with Gasteiger partial charge in [-0.25, -0.2) is 18.4 Å². The lowest BCUT2D eigenvalue weighted by Crippen LogP contribution is -2.50. The number of hydrogen-bond donors (Lipinski definition) is 1. The third kappa shape index (κ3) is 6.39. The van der Waals surface area contributed by atoms with Crippen LogP contribution in [0, 0.1) is 11.6 Å². The second-order valence-electron chi connectivity index (χ2n) is 11.2. The highest BCUT2D eigenvalue weighted by Crippen LogP contribution is 2.39. The fourth-order valence-electron chi connectivity index (χ4n) is 5.71. The van der Waals surface area contributed by atoms with Crippen LogP contribution in [0.1, 0.15) is 43.2 Å². The molecule has 1 atom stereocenters. The van der Waals surface area contributed by atoms with Gasteiger partial charge in [0.1, 0.15) is 23.1 Å². The maximum absolute atomic E-state index is 14.5. The summed E-state index contributed by atoms with van der Waals surface area (Å²) in [5.41, 5.74) is 2.64. The normalized spacial score (nSPS) is 15.5. The van der Waals surface area contributed by atoms with Crippen molar-refractivity contribution in [1.82, 2.24) is 5.01 Å². The van der Waals surface area contributed by atoms with Crippen molar-refractivity contribution in [2.75, 3.05) is 47.7 Å². The third-order valence-electron chi connectivity index (χ3n) is 7.93. The van der Waals surface area contributed by atoms with Crippen molar-refractivity contribution in [2.45, 2.75) is 38.5 Å². The molecule has 5 rings (SSSR count). The summed E-state index contributed by atoms with van der Waals surface area (Å²) in [5, 5.41) is 7.42. The van der Waals surface area contributed by atoms with Crippen LogP contribution in [0.4, 0.5) is 41.1 Å². The number of halogens is 2. The minimum Gasteiger partial charge on any atom is -0.426 e. The molecular formula is C33H34F2N6O5. The monoisotopic (exact) mass is 632 g/mol. The molecule has 0 saturated carbocycles. The average molecular weight is 633 g/mol. The highest BCUT2D eigenvalue weighted by Gasteiger charge is 2.35. The quantitative estimate of drug-likeness (QED) is 0.157. The molecule has 2 aliphatic heterocycles. The van der Waals surface area contributed by atoms with E-state index in [0.29, 0.717) is 45.4 Å². The van der Waals surface area contributed by atoms with Gasteiger partial charge in [-0.1, -0.05) is 18.2 Å². The Labute approximate surface area is 265 Å². The van der Waals surface area contributed by atoms with Crippen molar-refractivity contribution < 1.29 is 32.7 Å². The molecular weight excluding hydrogens is 598 g/mol. The molecule has 0 aliphatic carbocycles. The number of hydrogen-bond acceptors (Lipinski definition) is 7. The van der Waals surface area contributed by atoms with Crippen LogP contribution in [0.2, 0.25) is 0 Å². The molecule has 0 fully saturated rings. The van der Waals surface area contributed by atoms with E-state index in [-0.39, 0.29) is 31.2 Å². The largest absolute Gasteiger partial charge is 0.426 e. The van der Waals surface area contributed by atoms with Crippen molar-refractivity contribution in [2.24, 2.45) is 5.10 Å². The minimum atomic E-state index is -1.06. The zero-order valence-corrected chi connectivity index (χ0v) is 25.9. The number of benzene rings is 3. The molecule has 5 amide bonds. The maximum Gasteiger partial charge on any atom is 0.353 e. The van der Waals surface area contributed by atoms with Gasteiger partial charge < -0.3 is 15.0 Å². The Morgan fingerprint density at radius 3 is 2.48 bits per heavy atom. The van der Waals surface area contributed by atoms with Gasteiger partial charge in [-0.3, -0.25) is 19.4 Å². The number of ether oxygens (including phenoxy) is 1. The minimum absolute atomic E-state index is 0.0299. The lowest BCUT2D eigenvalue weighted by molar-refractivity contribution is -0.136. The number of para-hydroxylation sites is 1. The Balaban J connectivity index is 1.36. The summed E-state index contributed by atoms with van der Waals surface area (Å²) in [5.74, 6) is -2.62. The SMILES string of the molecule is C/C=N/N(C(=O)N(C)c1c(F)cccc1F)C(=O)N1CCCc2c(NC(=O)CC3CC(=O)Oc4cc(N(C)C)ccc43)cccc21. The van der Waals surface area contributed by atoms with E-state index >= 15 is 0 Å². The van der Waals surface area contributed by atoms with E-state index in [4.69, 9.17) is 4.74 Å². The van der Waals surface area contributed by atoms with Crippen molar-refractivity contribution in [1.29, 1.82) is 0 Å². The molecule has 3 aromatic rings. The average Bonchev–Trinajstić information content (AvgIpc) is 3.02. The fraction of sp³-hybridized carbons (Fsp3) is 0.303. The maximum atomic E-state index is 14.5. The van der Waals surface area contributed by atoms with Gasteiger partial charge in [0.25, 0.3) is 0 Å². The van der Waals surface area contributed by atoms with Crippen molar-refractivity contribution in [3.63, 3.8) is 0 Å². The predicted octanol–water partition coefficient (Wildman–Crippen LogP) is 5.89. The molecule has 3 aromatic carbocycles. The van der Waals surface area contributed by atoms with Gasteiger partial charge in [-0.2, -0.15) is 5.10 Å². The van der Waals surface area contributed by atoms with Crippen LogP contribution in [0.15, 0.2) is 59.7 Å². The van der Waals surface area contributed by atoms with Gasteiger partial charge >= 0.3 is 18.0 Å². The number of nitrogens with one attached hydrogen (secondary N) is 1. The summed E-state index contributed by atoms with van der Waals surface area (Å²) in [6.45, 7) is 1.74. The number of anilines is 4. The molecule has 1 unspecified atom stereocenters. The smallest absolute Gasteiger partial charge is 0.353 e.